The second-order valence-corrected chi connectivity index (χ2v) is 1.79. The summed E-state index contributed by atoms with van der Waals surface area (Å²) >= 11 is 0. The molecule has 1 saturated heterocycles. The van der Waals surface area contributed by atoms with Gasteiger partial charge >= 0.3 is 6.19 Å². The minimum absolute atomic E-state index is 0.497. The fraction of sp³-hybridized carbons (Fsp3) is 0.750. The molecule has 0 aromatic carbocycles. The third-order valence-electron chi connectivity index (χ3n) is 1.22. The highest BCUT2D eigenvalue weighted by molar-refractivity contribution is 4.65. The SMILES string of the molecule is N#C[N+]1([O-])CCC1. The highest BCUT2D eigenvalue weighted by Crippen LogP contribution is 2.14. The van der Waals surface area contributed by atoms with Crippen LogP contribution in [0.3, 0.4) is 0 Å². The summed E-state index contributed by atoms with van der Waals surface area (Å²) in [6, 6.07) is 0. The van der Waals surface area contributed by atoms with Crippen molar-refractivity contribution in [2.24, 2.45) is 0 Å². The number of hydrogen-bond donors (Lipinski definition) is 0. The van der Waals surface area contributed by atoms with Crippen LogP contribution in [-0.4, -0.2) is 17.7 Å². The summed E-state index contributed by atoms with van der Waals surface area (Å²) < 4.78 is -0.625. The lowest BCUT2D eigenvalue weighted by Gasteiger charge is -2.40. The van der Waals surface area contributed by atoms with E-state index in [2.05, 4.69) is 0 Å². The first-order valence-corrected chi connectivity index (χ1v) is 2.26. The molecule has 0 amide bonds. The van der Waals surface area contributed by atoms with Crippen LogP contribution in [0.5, 0.6) is 0 Å². The molecule has 3 nitrogen and oxygen atoms in total. The molecule has 0 atom stereocenters. The Balaban J connectivity index is 2.48. The summed E-state index contributed by atoms with van der Waals surface area (Å²) in [6.45, 7) is 0.993. The van der Waals surface area contributed by atoms with Crippen molar-refractivity contribution in [3.63, 3.8) is 0 Å². The van der Waals surface area contributed by atoms with Crippen LogP contribution in [0.15, 0.2) is 0 Å². The summed E-state index contributed by atoms with van der Waals surface area (Å²) in [5.74, 6) is 0. The molecule has 1 rings (SSSR count). The molecular weight excluding hydrogens is 92.1 g/mol. The van der Waals surface area contributed by atoms with Gasteiger partial charge in [-0.2, -0.15) is 0 Å². The minimum Gasteiger partial charge on any atom is -0.617 e. The van der Waals surface area contributed by atoms with Gasteiger partial charge in [-0.1, -0.05) is 0 Å². The maximum atomic E-state index is 10.5. The third-order valence-corrected chi connectivity index (χ3v) is 1.22. The Bertz CT molecular complexity index is 111. The summed E-state index contributed by atoms with van der Waals surface area (Å²) in [5.41, 5.74) is 0. The van der Waals surface area contributed by atoms with Crippen molar-refractivity contribution >= 4 is 0 Å². The molecule has 0 aromatic rings. The topological polar surface area (TPSA) is 46.8 Å². The monoisotopic (exact) mass is 98.0 g/mol. The Hall–Kier alpha value is -0.590. The Morgan fingerprint density at radius 1 is 1.57 bits per heavy atom. The molecule has 0 aliphatic carbocycles. The summed E-state index contributed by atoms with van der Waals surface area (Å²) in [4.78, 5) is 0. The van der Waals surface area contributed by atoms with E-state index in [1.165, 1.54) is 0 Å². The highest BCUT2D eigenvalue weighted by atomic mass is 16.5. The van der Waals surface area contributed by atoms with E-state index in [0.717, 1.165) is 6.42 Å². The second-order valence-electron chi connectivity index (χ2n) is 1.79. The van der Waals surface area contributed by atoms with Crippen LogP contribution in [0, 0.1) is 16.7 Å². The van der Waals surface area contributed by atoms with Crippen molar-refractivity contribution < 1.29 is 4.65 Å². The lowest BCUT2D eigenvalue weighted by molar-refractivity contribution is -0.856. The smallest absolute Gasteiger partial charge is 0.308 e. The van der Waals surface area contributed by atoms with Gasteiger partial charge in [0, 0.05) is 6.42 Å². The maximum absolute atomic E-state index is 10.5. The van der Waals surface area contributed by atoms with Gasteiger partial charge in [-0.15, -0.1) is 5.26 Å². The lowest BCUT2D eigenvalue weighted by atomic mass is 10.2. The van der Waals surface area contributed by atoms with E-state index >= 15 is 0 Å². The van der Waals surface area contributed by atoms with Gasteiger partial charge in [0.2, 0.25) is 0 Å². The zero-order valence-corrected chi connectivity index (χ0v) is 3.92. The van der Waals surface area contributed by atoms with Crippen LogP contribution < -0.4 is 0 Å². The fourth-order valence-electron chi connectivity index (χ4n) is 0.545. The van der Waals surface area contributed by atoms with Gasteiger partial charge in [0.25, 0.3) is 0 Å². The first kappa shape index (κ1) is 4.57. The first-order chi connectivity index (χ1) is 3.27. The fourth-order valence-corrected chi connectivity index (χ4v) is 0.545. The Kier molecular flexibility index (Phi) is 0.775. The van der Waals surface area contributed by atoms with E-state index in [1.54, 1.807) is 6.19 Å². The molecule has 0 radical (unpaired) electrons. The van der Waals surface area contributed by atoms with E-state index in [1.807, 2.05) is 0 Å². The van der Waals surface area contributed by atoms with Crippen LogP contribution in [-0.2, 0) is 0 Å². The molecule has 0 bridgehead atoms. The predicted octanol–water partition coefficient (Wildman–Crippen LogP) is 0.186. The average Bonchev–Trinajstić information content (AvgIpc) is 1.61. The second kappa shape index (κ2) is 1.19. The first-order valence-electron chi connectivity index (χ1n) is 2.26. The standard InChI is InChI=1S/C4H6N2O/c5-4-6(7)2-1-3-6/h1-3H2. The van der Waals surface area contributed by atoms with Crippen LogP contribution in [0.4, 0.5) is 0 Å². The molecule has 0 N–H and O–H groups in total. The minimum atomic E-state index is -0.625. The molecule has 1 heterocycles. The largest absolute Gasteiger partial charge is 0.617 e. The third kappa shape index (κ3) is 0.581. The van der Waals surface area contributed by atoms with Gasteiger partial charge in [0.05, 0.1) is 13.1 Å². The van der Waals surface area contributed by atoms with E-state index in [9.17, 15) is 5.21 Å². The van der Waals surface area contributed by atoms with Crippen LogP contribution in [0.2, 0.25) is 0 Å². The number of quaternary nitrogens is 1. The summed E-state index contributed by atoms with van der Waals surface area (Å²) in [7, 11) is 0. The van der Waals surface area contributed by atoms with Crippen molar-refractivity contribution in [2.75, 3.05) is 13.1 Å². The van der Waals surface area contributed by atoms with Crippen molar-refractivity contribution in [1.29, 1.82) is 5.26 Å². The molecule has 0 spiro atoms. The number of hydrogen-bond acceptors (Lipinski definition) is 2. The molecule has 1 aliphatic heterocycles. The Labute approximate surface area is 41.9 Å². The van der Waals surface area contributed by atoms with Crippen molar-refractivity contribution in [2.45, 2.75) is 6.42 Å². The Morgan fingerprint density at radius 3 is 2.14 bits per heavy atom. The van der Waals surface area contributed by atoms with Crippen LogP contribution >= 0.6 is 0 Å². The maximum Gasteiger partial charge on any atom is 0.308 e. The van der Waals surface area contributed by atoms with Gasteiger partial charge < -0.3 is 5.21 Å². The molecule has 0 aromatic heterocycles. The van der Waals surface area contributed by atoms with Crippen molar-refractivity contribution in [3.05, 3.63) is 5.21 Å². The van der Waals surface area contributed by atoms with E-state index in [4.69, 9.17) is 5.26 Å². The van der Waals surface area contributed by atoms with Crippen LogP contribution in [0.1, 0.15) is 6.42 Å². The quantitative estimate of drug-likeness (QED) is 0.246. The van der Waals surface area contributed by atoms with Gasteiger partial charge in [-0.25, -0.2) is 0 Å². The van der Waals surface area contributed by atoms with Gasteiger partial charge in [-0.3, -0.25) is 4.65 Å². The normalized spacial score (nSPS) is 25.1. The lowest BCUT2D eigenvalue weighted by Crippen LogP contribution is -2.48. The zero-order chi connectivity index (χ0) is 5.33. The highest BCUT2D eigenvalue weighted by Gasteiger charge is 2.25. The molecule has 1 fully saturated rings. The Morgan fingerprint density at radius 2 is 2.14 bits per heavy atom. The van der Waals surface area contributed by atoms with Crippen molar-refractivity contribution in [1.82, 2.24) is 0 Å². The van der Waals surface area contributed by atoms with E-state index < -0.39 is 4.65 Å². The van der Waals surface area contributed by atoms with E-state index in [-0.39, 0.29) is 0 Å². The molecule has 3 heteroatoms. The molecular formula is C4H6N2O. The number of likely N-dealkylation sites (tertiary alicyclic amines) is 1. The predicted molar refractivity (Wildman–Crippen MR) is 23.6 cm³/mol. The average molecular weight is 98.1 g/mol. The van der Waals surface area contributed by atoms with Crippen molar-refractivity contribution in [3.8, 4) is 6.19 Å². The van der Waals surface area contributed by atoms with E-state index in [0.29, 0.717) is 13.1 Å². The molecule has 7 heavy (non-hydrogen) atoms. The summed E-state index contributed by atoms with van der Waals surface area (Å²) in [6.07, 6.45) is 2.57. The number of nitrogens with zero attached hydrogens (tertiary/aromatic N) is 2. The molecule has 38 valence electrons. The summed E-state index contributed by atoms with van der Waals surface area (Å²) in [5, 5.41) is 18.6. The van der Waals surface area contributed by atoms with Gasteiger partial charge in [0.1, 0.15) is 0 Å². The van der Waals surface area contributed by atoms with Gasteiger partial charge in [0.15, 0.2) is 0 Å². The van der Waals surface area contributed by atoms with Gasteiger partial charge in [-0.05, 0) is 0 Å². The molecule has 0 unspecified atom stereocenters. The van der Waals surface area contributed by atoms with Crippen LogP contribution in [0.25, 0.3) is 0 Å². The molecule has 1 aliphatic rings. The zero-order valence-electron chi connectivity index (χ0n) is 3.92. The molecule has 0 saturated carbocycles. The number of hydroxylamine groups is 3. The number of nitriles is 1. The number of rotatable bonds is 0.